The van der Waals surface area contributed by atoms with Crippen molar-refractivity contribution in [2.24, 2.45) is 0 Å². The Kier molecular flexibility index (Phi) is 7.11. The zero-order valence-corrected chi connectivity index (χ0v) is 34.2. The van der Waals surface area contributed by atoms with Gasteiger partial charge in [-0.3, -0.25) is 0 Å². The second-order valence-corrected chi connectivity index (χ2v) is 16.8. The summed E-state index contributed by atoms with van der Waals surface area (Å²) in [5.74, 6) is 0. The van der Waals surface area contributed by atoms with Crippen LogP contribution in [-0.4, -0.2) is 13.7 Å². The number of benzene rings is 10. The molecule has 0 N–H and O–H groups in total. The molecule has 0 saturated carbocycles. The predicted molar refractivity (Wildman–Crippen MR) is 265 cm³/mol. The molecule has 14 rings (SSSR count). The van der Waals surface area contributed by atoms with Gasteiger partial charge < -0.3 is 13.7 Å². The van der Waals surface area contributed by atoms with E-state index in [9.17, 15) is 0 Å². The molecule has 3 nitrogen and oxygen atoms in total. The van der Waals surface area contributed by atoms with Crippen LogP contribution in [0, 0.1) is 0 Å². The van der Waals surface area contributed by atoms with Crippen LogP contribution in [0.3, 0.4) is 0 Å². The second-order valence-electron chi connectivity index (χ2n) is 16.8. The van der Waals surface area contributed by atoms with E-state index in [1.165, 1.54) is 110 Å². The summed E-state index contributed by atoms with van der Waals surface area (Å²) in [6.07, 6.45) is 0. The Morgan fingerprint density at radius 1 is 0.206 bits per heavy atom. The predicted octanol–water partition coefficient (Wildman–Crippen LogP) is 16.0. The van der Waals surface area contributed by atoms with Crippen molar-refractivity contribution in [3.63, 3.8) is 0 Å². The van der Waals surface area contributed by atoms with Crippen LogP contribution < -0.4 is 0 Å². The zero-order chi connectivity index (χ0) is 41.2. The van der Waals surface area contributed by atoms with Crippen LogP contribution in [0.25, 0.3) is 127 Å². The quantitative estimate of drug-likeness (QED) is 0.169. The minimum atomic E-state index is 1.15. The number of rotatable bonds is 3. The summed E-state index contributed by atoms with van der Waals surface area (Å²) in [6.45, 7) is 0. The molecule has 0 spiro atoms. The third kappa shape index (κ3) is 4.79. The third-order valence-electron chi connectivity index (χ3n) is 13.6. The van der Waals surface area contributed by atoms with E-state index < -0.39 is 0 Å². The van der Waals surface area contributed by atoms with Gasteiger partial charge in [-0.1, -0.05) is 158 Å². The molecule has 10 aromatic carbocycles. The molecule has 1 aliphatic carbocycles. The molecule has 3 heteroatoms. The summed E-state index contributed by atoms with van der Waals surface area (Å²) in [7, 11) is 0. The normalized spacial score (nSPS) is 12.1. The number of para-hydroxylation sites is 5. The standard InChI is InChI=1S/C60H37N3/c1-2-18-42-40(16-1)50-25-15-31-59(63-57-30-14-9-23-48(57)52-37-39(33-35-58(52)63)62-55-28-12-7-21-46(55)47-22-8-13-29-56(47)62)60(50)49-24-4-3-17-41(49)43-34-32-38(36-51(42)43)61-53-26-10-5-19-44(53)45-20-6-11-27-54(45)61/h1-37H. The molecule has 0 atom stereocenters. The summed E-state index contributed by atoms with van der Waals surface area (Å²) < 4.78 is 7.36. The number of nitrogens with zero attached hydrogens (tertiary/aromatic N) is 3. The molecule has 3 heterocycles. The molecule has 13 aromatic rings. The van der Waals surface area contributed by atoms with Crippen molar-refractivity contribution in [3.8, 4) is 61.6 Å². The van der Waals surface area contributed by atoms with E-state index in [2.05, 4.69) is 238 Å². The van der Waals surface area contributed by atoms with Crippen LogP contribution >= 0.6 is 0 Å². The SMILES string of the molecule is c1ccc2c(c1)-c1cc(-n3c4ccccc4c4ccccc43)ccc1-c1ccccc1-c1c-2cccc1-n1c2ccccc2c2cc(-n3c4ccccc4c4ccccc43)ccc21. The Bertz CT molecular complexity index is 3930. The second kappa shape index (κ2) is 13.1. The van der Waals surface area contributed by atoms with Gasteiger partial charge in [-0.25, -0.2) is 0 Å². The molecule has 0 aliphatic heterocycles. The zero-order valence-electron chi connectivity index (χ0n) is 34.2. The molecular formula is C60H37N3. The Hall–Kier alpha value is -8.40. The van der Waals surface area contributed by atoms with E-state index in [1.54, 1.807) is 0 Å². The lowest BCUT2D eigenvalue weighted by atomic mass is 9.80. The fourth-order valence-corrected chi connectivity index (χ4v) is 11.0. The van der Waals surface area contributed by atoms with Crippen molar-refractivity contribution in [1.82, 2.24) is 13.7 Å². The summed E-state index contributed by atoms with van der Waals surface area (Å²) in [4.78, 5) is 0. The summed E-state index contributed by atoms with van der Waals surface area (Å²) in [5, 5.41) is 7.52. The van der Waals surface area contributed by atoms with Crippen molar-refractivity contribution >= 4 is 65.4 Å². The number of hydrogen-bond acceptors (Lipinski definition) is 0. The monoisotopic (exact) mass is 799 g/mol. The lowest BCUT2D eigenvalue weighted by molar-refractivity contribution is 1.17. The summed E-state index contributed by atoms with van der Waals surface area (Å²) in [6, 6.07) is 83.0. The van der Waals surface area contributed by atoms with Crippen LogP contribution in [0.15, 0.2) is 224 Å². The Morgan fingerprint density at radius 2 is 0.571 bits per heavy atom. The lowest BCUT2D eigenvalue weighted by Crippen LogP contribution is -2.03. The highest BCUT2D eigenvalue weighted by molar-refractivity contribution is 6.14. The summed E-state index contributed by atoms with van der Waals surface area (Å²) in [5.41, 5.74) is 20.5. The largest absolute Gasteiger partial charge is 0.309 e. The average molecular weight is 800 g/mol. The third-order valence-corrected chi connectivity index (χ3v) is 13.6. The fourth-order valence-electron chi connectivity index (χ4n) is 11.0. The van der Waals surface area contributed by atoms with E-state index in [-0.39, 0.29) is 0 Å². The molecule has 0 unspecified atom stereocenters. The maximum atomic E-state index is 2.51. The van der Waals surface area contributed by atoms with Crippen molar-refractivity contribution in [2.75, 3.05) is 0 Å². The molecule has 0 radical (unpaired) electrons. The Morgan fingerprint density at radius 3 is 1.13 bits per heavy atom. The molecule has 292 valence electrons. The fraction of sp³-hybridized carbons (Fsp3) is 0. The molecule has 0 bridgehead atoms. The van der Waals surface area contributed by atoms with Crippen LogP contribution in [0.5, 0.6) is 0 Å². The van der Waals surface area contributed by atoms with E-state index in [0.29, 0.717) is 0 Å². The molecule has 0 amide bonds. The van der Waals surface area contributed by atoms with Gasteiger partial charge in [-0.05, 0) is 106 Å². The van der Waals surface area contributed by atoms with E-state index in [4.69, 9.17) is 0 Å². The maximum Gasteiger partial charge on any atom is 0.0547 e. The van der Waals surface area contributed by atoms with E-state index >= 15 is 0 Å². The van der Waals surface area contributed by atoms with Gasteiger partial charge in [-0.15, -0.1) is 0 Å². The Labute approximate surface area is 363 Å². The van der Waals surface area contributed by atoms with Crippen LogP contribution in [0.4, 0.5) is 0 Å². The van der Waals surface area contributed by atoms with Gasteiger partial charge in [0.2, 0.25) is 0 Å². The van der Waals surface area contributed by atoms with Gasteiger partial charge >= 0.3 is 0 Å². The van der Waals surface area contributed by atoms with Crippen molar-refractivity contribution in [1.29, 1.82) is 0 Å². The Balaban J connectivity index is 1.02. The first-order chi connectivity index (χ1) is 31.3. The van der Waals surface area contributed by atoms with Crippen LogP contribution in [-0.2, 0) is 0 Å². The number of aromatic nitrogens is 3. The van der Waals surface area contributed by atoms with Gasteiger partial charge in [0, 0.05) is 49.3 Å². The van der Waals surface area contributed by atoms with Crippen molar-refractivity contribution in [3.05, 3.63) is 224 Å². The number of hydrogen-bond donors (Lipinski definition) is 0. The van der Waals surface area contributed by atoms with Gasteiger partial charge in [0.1, 0.15) is 0 Å². The molecule has 3 aromatic heterocycles. The van der Waals surface area contributed by atoms with Gasteiger partial charge in [0.05, 0.1) is 38.8 Å². The highest BCUT2D eigenvalue weighted by atomic mass is 15.0. The average Bonchev–Trinajstić information content (AvgIpc) is 3.99. The minimum absolute atomic E-state index is 1.15. The first kappa shape index (κ1) is 34.3. The topological polar surface area (TPSA) is 14.8 Å². The van der Waals surface area contributed by atoms with E-state index in [1.807, 2.05) is 0 Å². The van der Waals surface area contributed by atoms with Gasteiger partial charge in [0.25, 0.3) is 0 Å². The first-order valence-electron chi connectivity index (χ1n) is 21.8. The first-order valence-corrected chi connectivity index (χ1v) is 21.8. The molecule has 0 saturated heterocycles. The highest BCUT2D eigenvalue weighted by Gasteiger charge is 2.27. The highest BCUT2D eigenvalue weighted by Crippen LogP contribution is 2.51. The molecule has 63 heavy (non-hydrogen) atoms. The smallest absolute Gasteiger partial charge is 0.0547 e. The molecule has 1 aliphatic rings. The summed E-state index contributed by atoms with van der Waals surface area (Å²) >= 11 is 0. The van der Waals surface area contributed by atoms with Crippen LogP contribution in [0.2, 0.25) is 0 Å². The number of fused-ring (bicyclic) bond motifs is 17. The maximum absolute atomic E-state index is 2.51. The van der Waals surface area contributed by atoms with Gasteiger partial charge in [0.15, 0.2) is 0 Å². The van der Waals surface area contributed by atoms with Crippen molar-refractivity contribution < 1.29 is 0 Å². The van der Waals surface area contributed by atoms with E-state index in [0.717, 1.165) is 17.1 Å². The van der Waals surface area contributed by atoms with Crippen LogP contribution in [0.1, 0.15) is 0 Å². The van der Waals surface area contributed by atoms with Gasteiger partial charge in [-0.2, -0.15) is 0 Å². The van der Waals surface area contributed by atoms with Crippen molar-refractivity contribution in [2.45, 2.75) is 0 Å². The molecular weight excluding hydrogens is 763 g/mol. The minimum Gasteiger partial charge on any atom is -0.309 e. The lowest BCUT2D eigenvalue weighted by Gasteiger charge is -2.26. The molecule has 0 fully saturated rings.